The van der Waals surface area contributed by atoms with Crippen LogP contribution in [-0.2, 0) is 17.7 Å². The molecule has 0 spiro atoms. The first-order valence-corrected chi connectivity index (χ1v) is 11.2. The summed E-state index contributed by atoms with van der Waals surface area (Å²) in [4.78, 5) is 8.41. The molecule has 0 bridgehead atoms. The Hall–Kier alpha value is -3.15. The Morgan fingerprint density at radius 3 is 2.94 bits per heavy atom. The number of methoxy groups -OCH3 is 1. The SMILES string of the molecule is COc1ccc2ncc(F)c(C[C@H](O)[C@@H]3CC[C@@H](NCc4cc5c(nn4)OCCO5)CO3)c2n1. The van der Waals surface area contributed by atoms with Crippen LogP contribution in [0.4, 0.5) is 4.39 Å². The van der Waals surface area contributed by atoms with Gasteiger partial charge < -0.3 is 29.4 Å². The molecule has 180 valence electrons. The predicted molar refractivity (Wildman–Crippen MR) is 118 cm³/mol. The molecule has 3 atom stereocenters. The molecule has 2 aliphatic heterocycles. The Labute approximate surface area is 195 Å². The summed E-state index contributed by atoms with van der Waals surface area (Å²) in [6, 6.07) is 5.31. The summed E-state index contributed by atoms with van der Waals surface area (Å²) in [6.45, 7) is 1.90. The van der Waals surface area contributed by atoms with E-state index in [9.17, 15) is 9.50 Å². The first-order chi connectivity index (χ1) is 16.6. The number of aromatic nitrogens is 4. The molecule has 1 saturated heterocycles. The van der Waals surface area contributed by atoms with Crippen LogP contribution in [0.2, 0.25) is 0 Å². The van der Waals surface area contributed by atoms with Gasteiger partial charge in [0.25, 0.3) is 5.88 Å². The average Bonchev–Trinajstić information content (AvgIpc) is 2.89. The summed E-state index contributed by atoms with van der Waals surface area (Å²) in [5, 5.41) is 22.4. The molecular weight excluding hydrogens is 445 g/mol. The van der Waals surface area contributed by atoms with Gasteiger partial charge in [-0.05, 0) is 18.9 Å². The van der Waals surface area contributed by atoms with Crippen molar-refractivity contribution >= 4 is 11.0 Å². The van der Waals surface area contributed by atoms with Crippen molar-refractivity contribution in [2.45, 2.75) is 44.1 Å². The smallest absolute Gasteiger partial charge is 0.276 e. The van der Waals surface area contributed by atoms with Crippen molar-refractivity contribution in [1.82, 2.24) is 25.5 Å². The van der Waals surface area contributed by atoms with Crippen LogP contribution in [-0.4, -0.2) is 70.5 Å². The summed E-state index contributed by atoms with van der Waals surface area (Å²) in [5.41, 5.74) is 1.97. The first kappa shape index (κ1) is 22.6. The van der Waals surface area contributed by atoms with Crippen molar-refractivity contribution in [1.29, 1.82) is 0 Å². The lowest BCUT2D eigenvalue weighted by Crippen LogP contribution is -2.44. The highest BCUT2D eigenvalue weighted by molar-refractivity contribution is 5.78. The number of pyridine rings is 2. The van der Waals surface area contributed by atoms with Crippen LogP contribution in [0.1, 0.15) is 24.1 Å². The number of hydrogen-bond acceptors (Lipinski definition) is 10. The van der Waals surface area contributed by atoms with E-state index in [1.807, 2.05) is 6.07 Å². The van der Waals surface area contributed by atoms with E-state index in [-0.39, 0.29) is 12.5 Å². The lowest BCUT2D eigenvalue weighted by molar-refractivity contribution is -0.0719. The van der Waals surface area contributed by atoms with Crippen molar-refractivity contribution in [3.63, 3.8) is 0 Å². The molecule has 10 nitrogen and oxygen atoms in total. The molecule has 5 rings (SSSR count). The fourth-order valence-electron chi connectivity index (χ4n) is 4.19. The third kappa shape index (κ3) is 4.86. The van der Waals surface area contributed by atoms with Crippen LogP contribution in [0.25, 0.3) is 11.0 Å². The van der Waals surface area contributed by atoms with Crippen molar-refractivity contribution in [2.24, 2.45) is 0 Å². The van der Waals surface area contributed by atoms with E-state index in [4.69, 9.17) is 18.9 Å². The highest BCUT2D eigenvalue weighted by Gasteiger charge is 2.29. The van der Waals surface area contributed by atoms with Gasteiger partial charge in [0, 0.05) is 36.7 Å². The van der Waals surface area contributed by atoms with Gasteiger partial charge in [-0.1, -0.05) is 0 Å². The van der Waals surface area contributed by atoms with E-state index in [2.05, 4.69) is 25.5 Å². The van der Waals surface area contributed by atoms with Gasteiger partial charge in [-0.25, -0.2) is 9.37 Å². The number of rotatable bonds is 7. The molecule has 11 heteroatoms. The second kappa shape index (κ2) is 10.00. The minimum absolute atomic E-state index is 0.0700. The summed E-state index contributed by atoms with van der Waals surface area (Å²) in [6.07, 6.45) is 1.37. The largest absolute Gasteiger partial charge is 0.484 e. The van der Waals surface area contributed by atoms with E-state index in [1.54, 1.807) is 12.1 Å². The number of halogens is 1. The fraction of sp³-hybridized carbons (Fsp3) is 0.478. The van der Waals surface area contributed by atoms with E-state index in [0.29, 0.717) is 66.9 Å². The van der Waals surface area contributed by atoms with Crippen LogP contribution >= 0.6 is 0 Å². The lowest BCUT2D eigenvalue weighted by atomic mass is 9.96. The maximum absolute atomic E-state index is 14.6. The molecule has 0 aromatic carbocycles. The molecule has 0 aliphatic carbocycles. The standard InChI is InChI=1S/C23H26FN5O5/c1-31-21-5-3-17-22(27-21)15(16(24)11-26-17)9-18(30)19-4-2-13(12-34-19)25-10-14-8-20-23(29-28-14)33-7-6-32-20/h3,5,8,11,13,18-19,25,30H,2,4,6-7,9-10,12H2,1H3/t13-,18+,19+/m1/s1. The summed E-state index contributed by atoms with van der Waals surface area (Å²) in [5.74, 6) is 0.869. The molecule has 1 fully saturated rings. The van der Waals surface area contributed by atoms with Crippen molar-refractivity contribution < 1.29 is 28.4 Å². The van der Waals surface area contributed by atoms with Gasteiger partial charge in [0.15, 0.2) is 5.75 Å². The maximum atomic E-state index is 14.6. The summed E-state index contributed by atoms with van der Waals surface area (Å²) < 4.78 is 36.6. The van der Waals surface area contributed by atoms with Crippen LogP contribution in [0.5, 0.6) is 17.5 Å². The molecule has 2 N–H and O–H groups in total. The van der Waals surface area contributed by atoms with Gasteiger partial charge in [-0.2, -0.15) is 5.10 Å². The van der Waals surface area contributed by atoms with Crippen LogP contribution in [0, 0.1) is 5.82 Å². The zero-order valence-electron chi connectivity index (χ0n) is 18.7. The van der Waals surface area contributed by atoms with Crippen molar-refractivity contribution in [3.05, 3.63) is 41.5 Å². The third-order valence-electron chi connectivity index (χ3n) is 6.03. The molecule has 0 amide bonds. The number of ether oxygens (including phenoxy) is 4. The predicted octanol–water partition coefficient (Wildman–Crippen LogP) is 1.58. The van der Waals surface area contributed by atoms with Crippen LogP contribution < -0.4 is 19.5 Å². The van der Waals surface area contributed by atoms with Crippen molar-refractivity contribution in [3.8, 4) is 17.5 Å². The molecule has 3 aromatic heterocycles. The van der Waals surface area contributed by atoms with Crippen LogP contribution in [0.3, 0.4) is 0 Å². The fourth-order valence-corrected chi connectivity index (χ4v) is 4.19. The van der Waals surface area contributed by atoms with Gasteiger partial charge in [0.2, 0.25) is 5.88 Å². The Bertz CT molecular complexity index is 1160. The molecular formula is C23H26FN5O5. The van der Waals surface area contributed by atoms with Gasteiger partial charge in [-0.3, -0.25) is 4.98 Å². The quantitative estimate of drug-likeness (QED) is 0.525. The van der Waals surface area contributed by atoms with E-state index in [0.717, 1.165) is 18.3 Å². The van der Waals surface area contributed by atoms with Gasteiger partial charge >= 0.3 is 0 Å². The lowest BCUT2D eigenvalue weighted by Gasteiger charge is -2.32. The maximum Gasteiger partial charge on any atom is 0.276 e. The average molecular weight is 471 g/mol. The number of fused-ring (bicyclic) bond motifs is 2. The highest BCUT2D eigenvalue weighted by Crippen LogP contribution is 2.27. The second-order valence-electron chi connectivity index (χ2n) is 8.31. The van der Waals surface area contributed by atoms with E-state index < -0.39 is 18.0 Å². The van der Waals surface area contributed by atoms with Gasteiger partial charge in [0.1, 0.15) is 19.0 Å². The first-order valence-electron chi connectivity index (χ1n) is 11.2. The molecule has 3 aromatic rings. The highest BCUT2D eigenvalue weighted by atomic mass is 19.1. The molecule has 0 saturated carbocycles. The van der Waals surface area contributed by atoms with E-state index in [1.165, 1.54) is 7.11 Å². The van der Waals surface area contributed by atoms with Gasteiger partial charge in [-0.15, -0.1) is 5.10 Å². The topological polar surface area (TPSA) is 121 Å². The Morgan fingerprint density at radius 1 is 1.24 bits per heavy atom. The molecule has 2 aliphatic rings. The number of nitrogens with one attached hydrogen (secondary N) is 1. The minimum Gasteiger partial charge on any atom is -0.484 e. The summed E-state index contributed by atoms with van der Waals surface area (Å²) in [7, 11) is 1.50. The summed E-state index contributed by atoms with van der Waals surface area (Å²) >= 11 is 0. The third-order valence-corrected chi connectivity index (χ3v) is 6.03. The molecule has 5 heterocycles. The normalized spacial score (nSPS) is 20.8. The zero-order valence-corrected chi connectivity index (χ0v) is 18.7. The van der Waals surface area contributed by atoms with E-state index >= 15 is 0 Å². The number of aliphatic hydroxyl groups excluding tert-OH is 1. The Balaban J connectivity index is 1.16. The Kier molecular flexibility index (Phi) is 6.66. The van der Waals surface area contributed by atoms with Gasteiger partial charge in [0.05, 0.1) is 48.8 Å². The molecule has 0 unspecified atom stereocenters. The number of hydrogen-bond donors (Lipinski definition) is 2. The molecule has 0 radical (unpaired) electrons. The monoisotopic (exact) mass is 471 g/mol. The minimum atomic E-state index is -0.877. The second-order valence-corrected chi connectivity index (χ2v) is 8.31. The zero-order chi connectivity index (χ0) is 23.5. The van der Waals surface area contributed by atoms with Crippen molar-refractivity contribution in [2.75, 3.05) is 26.9 Å². The molecule has 34 heavy (non-hydrogen) atoms. The number of aliphatic hydroxyl groups is 1. The number of nitrogens with zero attached hydrogens (tertiary/aromatic N) is 4. The Morgan fingerprint density at radius 2 is 2.12 bits per heavy atom. The van der Waals surface area contributed by atoms with Crippen LogP contribution in [0.15, 0.2) is 24.4 Å².